The fourth-order valence-corrected chi connectivity index (χ4v) is 7.68. The first-order valence-corrected chi connectivity index (χ1v) is 15.1. The third-order valence-electron chi connectivity index (χ3n) is 9.79. The molecule has 1 aliphatic carbocycles. The molecular weight excluding hydrogens is 474 g/mol. The lowest BCUT2D eigenvalue weighted by Crippen LogP contribution is -2.58. The molecule has 0 bridgehead atoms. The maximum atomic E-state index is 4.08. The fraction of sp³-hybridized carbons (Fsp3) is 0.444. The highest BCUT2D eigenvalue weighted by atomic mass is 15.2. The number of likely N-dealkylation sites (tertiary alicyclic amines) is 2. The molecule has 39 heavy (non-hydrogen) atoms. The van der Waals surface area contributed by atoms with E-state index in [1.165, 1.54) is 110 Å². The lowest BCUT2D eigenvalue weighted by molar-refractivity contribution is -0.0264. The van der Waals surface area contributed by atoms with Gasteiger partial charge in [0.1, 0.15) is 0 Å². The quantitative estimate of drug-likeness (QED) is 0.345. The van der Waals surface area contributed by atoms with Gasteiger partial charge in [-0.05, 0) is 98.6 Å². The lowest BCUT2D eigenvalue weighted by atomic mass is 9.72. The Morgan fingerprint density at radius 2 is 1.62 bits per heavy atom. The Bertz CT molecular complexity index is 1380. The zero-order valence-corrected chi connectivity index (χ0v) is 24.1. The average Bonchev–Trinajstić information content (AvgIpc) is 3.17. The molecule has 0 atom stereocenters. The largest absolute Gasteiger partial charge is 0.336 e. The van der Waals surface area contributed by atoms with Crippen LogP contribution < -0.4 is 0 Å². The van der Waals surface area contributed by atoms with Crippen LogP contribution >= 0.6 is 0 Å². The zero-order valence-electron chi connectivity index (χ0n) is 24.1. The Morgan fingerprint density at radius 1 is 0.872 bits per heavy atom. The highest BCUT2D eigenvalue weighted by Crippen LogP contribution is 2.46. The molecule has 0 unspecified atom stereocenters. The van der Waals surface area contributed by atoms with Gasteiger partial charge in [-0.1, -0.05) is 81.0 Å². The van der Waals surface area contributed by atoms with Crippen molar-refractivity contribution in [1.82, 2.24) is 14.4 Å². The monoisotopic (exact) mass is 519 g/mol. The van der Waals surface area contributed by atoms with Crippen LogP contribution in [0.4, 0.5) is 0 Å². The highest BCUT2D eigenvalue weighted by molar-refractivity contribution is 5.96. The second-order valence-corrected chi connectivity index (χ2v) is 12.7. The van der Waals surface area contributed by atoms with Gasteiger partial charge in [-0.3, -0.25) is 0 Å². The standard InChI is InChI=1S/C27H27N.C9H18N2/c1-3-19-14-15-24-25(17-19)28-18-20(4-2)16-22-12-8-9-13-23(22)27(28)26(24)21-10-6-5-7-11-21;1-10-5-3-9(4-6-10)7-11(2)8-9/h3-4,8-9,12-17,21H,1-2,5-7,10-11,18H2;3-8H2,1-2H3. The summed E-state index contributed by atoms with van der Waals surface area (Å²) in [6.45, 7) is 14.3. The van der Waals surface area contributed by atoms with E-state index < -0.39 is 0 Å². The van der Waals surface area contributed by atoms with Crippen LogP contribution in [0.3, 0.4) is 0 Å². The van der Waals surface area contributed by atoms with Gasteiger partial charge in [0.25, 0.3) is 0 Å². The predicted molar refractivity (Wildman–Crippen MR) is 168 cm³/mol. The van der Waals surface area contributed by atoms with Crippen molar-refractivity contribution in [2.24, 2.45) is 5.41 Å². The number of nitrogens with zero attached hydrogens (tertiary/aromatic N) is 3. The van der Waals surface area contributed by atoms with Gasteiger partial charge in [0.05, 0.1) is 5.69 Å². The minimum absolute atomic E-state index is 0.653. The fourth-order valence-electron chi connectivity index (χ4n) is 7.68. The highest BCUT2D eigenvalue weighted by Gasteiger charge is 2.42. The number of piperidine rings is 1. The minimum atomic E-state index is 0.653. The summed E-state index contributed by atoms with van der Waals surface area (Å²) in [6, 6.07) is 15.7. The van der Waals surface area contributed by atoms with Crippen molar-refractivity contribution in [3.8, 4) is 11.3 Å². The summed E-state index contributed by atoms with van der Waals surface area (Å²) in [5, 5.41) is 1.42. The van der Waals surface area contributed by atoms with E-state index in [9.17, 15) is 0 Å². The summed E-state index contributed by atoms with van der Waals surface area (Å²) >= 11 is 0. The molecule has 2 saturated heterocycles. The molecule has 204 valence electrons. The molecule has 1 saturated carbocycles. The van der Waals surface area contributed by atoms with Gasteiger partial charge in [0, 0.05) is 36.1 Å². The van der Waals surface area contributed by atoms with Gasteiger partial charge >= 0.3 is 0 Å². The normalized spacial score (nSPS) is 21.1. The minimum Gasteiger partial charge on any atom is -0.336 e. The van der Waals surface area contributed by atoms with E-state index in [-0.39, 0.29) is 0 Å². The van der Waals surface area contributed by atoms with Gasteiger partial charge in [0.15, 0.2) is 0 Å². The molecule has 3 aliphatic heterocycles. The van der Waals surface area contributed by atoms with E-state index >= 15 is 0 Å². The molecule has 0 amide bonds. The summed E-state index contributed by atoms with van der Waals surface area (Å²) in [6.07, 6.45) is 15.8. The van der Waals surface area contributed by atoms with E-state index in [1.807, 2.05) is 12.2 Å². The maximum absolute atomic E-state index is 4.08. The maximum Gasteiger partial charge on any atom is 0.0535 e. The number of allylic oxidation sites excluding steroid dienone is 2. The molecule has 0 N–H and O–H groups in total. The average molecular weight is 520 g/mol. The molecular formula is C36H45N3. The Kier molecular flexibility index (Phi) is 7.39. The molecule has 3 aromatic rings. The smallest absolute Gasteiger partial charge is 0.0535 e. The van der Waals surface area contributed by atoms with Crippen LogP contribution in [0.1, 0.15) is 67.6 Å². The zero-order chi connectivity index (χ0) is 27.0. The van der Waals surface area contributed by atoms with Gasteiger partial charge in [-0.25, -0.2) is 0 Å². The van der Waals surface area contributed by atoms with Crippen LogP contribution in [-0.2, 0) is 6.54 Å². The summed E-state index contributed by atoms with van der Waals surface area (Å²) in [5.41, 5.74) is 10.2. The van der Waals surface area contributed by atoms with Crippen molar-refractivity contribution < 1.29 is 0 Å². The molecule has 3 nitrogen and oxygen atoms in total. The molecule has 7 rings (SSSR count). The molecule has 3 fully saturated rings. The number of rotatable bonds is 3. The number of aromatic nitrogens is 1. The number of hydrogen-bond donors (Lipinski definition) is 0. The van der Waals surface area contributed by atoms with Crippen LogP contribution in [-0.4, -0.2) is 54.6 Å². The van der Waals surface area contributed by atoms with Crippen LogP contribution in [0.15, 0.2) is 67.3 Å². The van der Waals surface area contributed by atoms with Crippen molar-refractivity contribution in [1.29, 1.82) is 0 Å². The number of benzene rings is 2. The summed E-state index contributed by atoms with van der Waals surface area (Å²) in [4.78, 5) is 4.88. The summed E-state index contributed by atoms with van der Waals surface area (Å²) < 4.78 is 2.53. The first-order chi connectivity index (χ1) is 19.0. The molecule has 3 heteroatoms. The Morgan fingerprint density at radius 3 is 2.31 bits per heavy atom. The SMILES string of the molecule is C=CC1=Cc2ccccc2-c2c(C3CCCCC3)c3ccc(C=C)cc3n2C1.CN1CCC2(CC1)CN(C)C2. The third kappa shape index (κ3) is 5.08. The van der Waals surface area contributed by atoms with Crippen molar-refractivity contribution in [2.45, 2.75) is 57.4 Å². The summed E-state index contributed by atoms with van der Waals surface area (Å²) in [5.74, 6) is 0.653. The lowest BCUT2D eigenvalue weighted by Gasteiger charge is -2.52. The first kappa shape index (κ1) is 26.3. The molecule has 1 aromatic heterocycles. The van der Waals surface area contributed by atoms with Gasteiger partial charge in [0.2, 0.25) is 0 Å². The van der Waals surface area contributed by atoms with Gasteiger partial charge in [-0.15, -0.1) is 0 Å². The van der Waals surface area contributed by atoms with E-state index in [2.05, 4.69) is 90.2 Å². The first-order valence-electron chi connectivity index (χ1n) is 15.1. The van der Waals surface area contributed by atoms with Gasteiger partial charge < -0.3 is 14.4 Å². The second kappa shape index (κ2) is 10.9. The second-order valence-electron chi connectivity index (χ2n) is 12.7. The number of fused-ring (bicyclic) bond motifs is 5. The third-order valence-corrected chi connectivity index (χ3v) is 9.79. The van der Waals surface area contributed by atoms with Crippen LogP contribution in [0.25, 0.3) is 34.3 Å². The number of hydrogen-bond acceptors (Lipinski definition) is 2. The van der Waals surface area contributed by atoms with Crippen LogP contribution in [0, 0.1) is 5.41 Å². The Balaban J connectivity index is 0.000000210. The Hall–Kier alpha value is -2.88. The predicted octanol–water partition coefficient (Wildman–Crippen LogP) is 8.23. The van der Waals surface area contributed by atoms with Crippen molar-refractivity contribution >= 4 is 23.1 Å². The van der Waals surface area contributed by atoms with E-state index in [0.717, 1.165) is 12.0 Å². The molecule has 4 aliphatic rings. The van der Waals surface area contributed by atoms with Crippen molar-refractivity contribution in [2.75, 3.05) is 40.3 Å². The molecule has 0 radical (unpaired) electrons. The van der Waals surface area contributed by atoms with Crippen molar-refractivity contribution in [3.05, 3.63) is 84.0 Å². The van der Waals surface area contributed by atoms with E-state index in [1.54, 1.807) is 5.56 Å². The van der Waals surface area contributed by atoms with E-state index in [0.29, 0.717) is 5.92 Å². The summed E-state index contributed by atoms with van der Waals surface area (Å²) in [7, 11) is 4.46. The van der Waals surface area contributed by atoms with Gasteiger partial charge in [-0.2, -0.15) is 0 Å². The van der Waals surface area contributed by atoms with E-state index in [4.69, 9.17) is 0 Å². The van der Waals surface area contributed by atoms with Crippen LogP contribution in [0.5, 0.6) is 0 Å². The topological polar surface area (TPSA) is 11.4 Å². The van der Waals surface area contributed by atoms with Crippen LogP contribution in [0.2, 0.25) is 0 Å². The molecule has 2 aromatic carbocycles. The molecule has 1 spiro atoms. The Labute approximate surface area is 235 Å². The van der Waals surface area contributed by atoms with Crippen molar-refractivity contribution in [3.63, 3.8) is 0 Å². The molecule has 4 heterocycles.